The Morgan fingerprint density at radius 3 is 1.59 bits per heavy atom. The highest BCUT2D eigenvalue weighted by Crippen LogP contribution is 2.43. The van der Waals surface area contributed by atoms with Gasteiger partial charge in [0.15, 0.2) is 0 Å². The first-order valence-electron chi connectivity index (χ1n) is 23.1. The molecule has 0 fully saturated rings. The van der Waals surface area contributed by atoms with E-state index in [1.54, 1.807) is 0 Å². The maximum atomic E-state index is 3.83. The Bertz CT molecular complexity index is 2590. The fourth-order valence-corrected chi connectivity index (χ4v) is 8.73. The van der Waals surface area contributed by atoms with Gasteiger partial charge in [0.1, 0.15) is 0 Å². The lowest BCUT2D eigenvalue weighted by atomic mass is 9.83. The minimum Gasteiger partial charge on any atom is -0.135 e. The van der Waals surface area contributed by atoms with Crippen molar-refractivity contribution in [3.8, 4) is 22.3 Å². The summed E-state index contributed by atoms with van der Waals surface area (Å²) in [4.78, 5) is 0. The van der Waals surface area contributed by atoms with Gasteiger partial charge in [0.05, 0.1) is 0 Å². The first kappa shape index (κ1) is 51.6. The number of benzene rings is 7. The van der Waals surface area contributed by atoms with Crippen LogP contribution in [0.25, 0.3) is 53.6 Å². The molecule has 0 amide bonds. The lowest BCUT2D eigenvalue weighted by Crippen LogP contribution is -1.99. The van der Waals surface area contributed by atoms with Crippen molar-refractivity contribution in [2.24, 2.45) is 0 Å². The SMILES string of the molecule is C=C(C)c1ccccc1.CC.CC.CC/C=C(\C)c1ccccc1.CCC(C)c1ccccc1-c1c(C)ccc(-c2ccc3c(sc4ccccc43)c2C)c1C.Cc1ccccc1. The van der Waals surface area contributed by atoms with Crippen LogP contribution in [-0.2, 0) is 0 Å². The molecule has 0 saturated carbocycles. The standard InChI is InChI=1S/C31H30S.C11H14.C9H10.C7H8.2C2H6/c1-6-19(2)23-11-7-8-13-27(23)30-20(3)15-16-24(21(30)4)25-17-18-28-26-12-9-10-14-29(26)32-31(28)22(25)5;1-3-7-10(2)11-8-5-4-6-9-11;1-8(2)9-6-4-3-5-7-9;1-7-5-3-2-4-6-7;2*1-2/h7-19H,6H2,1-5H3;4-9H,3H2,1-2H3;3-7H,1H2,2H3;2-6H,1H3;2*1-2H3/b;10-7+;;;;. The monoisotopic (exact) mass is 851 g/mol. The van der Waals surface area contributed by atoms with Crippen LogP contribution in [0.4, 0.5) is 0 Å². The molecule has 328 valence electrons. The Kier molecular flexibility index (Phi) is 22.4. The van der Waals surface area contributed by atoms with E-state index in [0.717, 1.165) is 18.4 Å². The summed E-state index contributed by atoms with van der Waals surface area (Å²) in [6.07, 6.45) is 4.51. The number of aryl methyl sites for hydroxylation is 3. The zero-order chi connectivity index (χ0) is 46.3. The summed E-state index contributed by atoms with van der Waals surface area (Å²) in [5, 5.41) is 2.74. The van der Waals surface area contributed by atoms with Gasteiger partial charge in [-0.3, -0.25) is 0 Å². The molecule has 1 heteroatoms. The molecule has 0 radical (unpaired) electrons. The van der Waals surface area contributed by atoms with Gasteiger partial charge in [0.25, 0.3) is 0 Å². The highest BCUT2D eigenvalue weighted by Gasteiger charge is 2.18. The van der Waals surface area contributed by atoms with E-state index in [0.29, 0.717) is 5.92 Å². The van der Waals surface area contributed by atoms with Gasteiger partial charge in [-0.2, -0.15) is 0 Å². The lowest BCUT2D eigenvalue weighted by Gasteiger charge is -2.21. The van der Waals surface area contributed by atoms with Gasteiger partial charge < -0.3 is 0 Å². The Balaban J connectivity index is 0.000000276. The molecule has 8 aromatic rings. The Labute approximate surface area is 387 Å². The van der Waals surface area contributed by atoms with E-state index in [4.69, 9.17) is 0 Å². The molecule has 63 heavy (non-hydrogen) atoms. The van der Waals surface area contributed by atoms with E-state index in [2.05, 4.69) is 189 Å². The van der Waals surface area contributed by atoms with E-state index >= 15 is 0 Å². The summed E-state index contributed by atoms with van der Waals surface area (Å²) < 4.78 is 2.77. The Morgan fingerprint density at radius 2 is 1.05 bits per heavy atom. The summed E-state index contributed by atoms with van der Waals surface area (Å²) in [5.74, 6) is 0.547. The van der Waals surface area contributed by atoms with Gasteiger partial charge in [-0.25, -0.2) is 0 Å². The highest BCUT2D eigenvalue weighted by molar-refractivity contribution is 7.26. The molecule has 8 rings (SSSR count). The smallest absolute Gasteiger partial charge is 0.0390 e. The van der Waals surface area contributed by atoms with Crippen LogP contribution in [0, 0.1) is 27.7 Å². The maximum absolute atomic E-state index is 3.83. The number of hydrogen-bond donors (Lipinski definition) is 0. The van der Waals surface area contributed by atoms with E-state index in [-0.39, 0.29) is 0 Å². The van der Waals surface area contributed by atoms with Gasteiger partial charge >= 0.3 is 0 Å². The topological polar surface area (TPSA) is 0 Å². The van der Waals surface area contributed by atoms with Crippen LogP contribution in [0.15, 0.2) is 176 Å². The van der Waals surface area contributed by atoms with Crippen LogP contribution in [0.5, 0.6) is 0 Å². The summed E-state index contributed by atoms with van der Waals surface area (Å²) in [7, 11) is 0. The first-order valence-corrected chi connectivity index (χ1v) is 23.9. The number of allylic oxidation sites excluding steroid dienone is 3. The molecule has 1 atom stereocenters. The highest BCUT2D eigenvalue weighted by atomic mass is 32.1. The average Bonchev–Trinajstić information content (AvgIpc) is 3.72. The fraction of sp³-hybridized carbons (Fsp3) is 0.258. The van der Waals surface area contributed by atoms with Crippen LogP contribution in [0.2, 0.25) is 0 Å². The molecule has 0 saturated heterocycles. The summed E-state index contributed by atoms with van der Waals surface area (Å²) in [6, 6.07) is 57.9. The van der Waals surface area contributed by atoms with Crippen LogP contribution in [0.3, 0.4) is 0 Å². The number of fused-ring (bicyclic) bond motifs is 3. The van der Waals surface area contributed by atoms with Gasteiger partial charge in [-0.1, -0.05) is 230 Å². The van der Waals surface area contributed by atoms with Crippen molar-refractivity contribution in [1.29, 1.82) is 0 Å². The first-order chi connectivity index (χ1) is 30.5. The van der Waals surface area contributed by atoms with Crippen LogP contribution < -0.4 is 0 Å². The molecular weight excluding hydrogens is 777 g/mol. The molecule has 1 heterocycles. The van der Waals surface area contributed by atoms with E-state index in [1.807, 2.05) is 88.4 Å². The summed E-state index contributed by atoms with van der Waals surface area (Å²) in [6.45, 7) is 31.7. The molecule has 1 aromatic heterocycles. The predicted molar refractivity (Wildman–Crippen MR) is 289 cm³/mol. The average molecular weight is 851 g/mol. The third kappa shape index (κ3) is 14.4. The minimum absolute atomic E-state index is 0.547. The number of thiophene rings is 1. The van der Waals surface area contributed by atoms with Crippen molar-refractivity contribution in [1.82, 2.24) is 0 Å². The second kappa shape index (κ2) is 27.3. The molecule has 0 aliphatic heterocycles. The van der Waals surface area contributed by atoms with Gasteiger partial charge in [0, 0.05) is 20.2 Å². The molecule has 0 N–H and O–H groups in total. The van der Waals surface area contributed by atoms with E-state index in [1.165, 1.54) is 86.9 Å². The lowest BCUT2D eigenvalue weighted by molar-refractivity contribution is 0.735. The molecule has 0 bridgehead atoms. The van der Waals surface area contributed by atoms with Crippen molar-refractivity contribution in [3.05, 3.63) is 215 Å². The van der Waals surface area contributed by atoms with Crippen molar-refractivity contribution in [2.75, 3.05) is 0 Å². The van der Waals surface area contributed by atoms with E-state index < -0.39 is 0 Å². The molecular formula is C62H74S. The van der Waals surface area contributed by atoms with E-state index in [9.17, 15) is 0 Å². The van der Waals surface area contributed by atoms with Gasteiger partial charge in [-0.15, -0.1) is 11.3 Å². The Hall–Kier alpha value is -5.76. The molecule has 0 nitrogen and oxygen atoms in total. The van der Waals surface area contributed by atoms with Crippen molar-refractivity contribution < 1.29 is 0 Å². The Morgan fingerprint density at radius 1 is 0.540 bits per heavy atom. The molecule has 7 aromatic carbocycles. The summed E-state index contributed by atoms with van der Waals surface area (Å²) in [5.41, 5.74) is 17.4. The van der Waals surface area contributed by atoms with Crippen LogP contribution in [-0.4, -0.2) is 0 Å². The van der Waals surface area contributed by atoms with Crippen LogP contribution in [0.1, 0.15) is 120 Å². The summed E-state index contributed by atoms with van der Waals surface area (Å²) >= 11 is 1.92. The molecule has 0 aliphatic rings. The number of hydrogen-bond acceptors (Lipinski definition) is 1. The molecule has 0 spiro atoms. The quantitative estimate of drug-likeness (QED) is 0.150. The van der Waals surface area contributed by atoms with Crippen molar-refractivity contribution in [3.63, 3.8) is 0 Å². The van der Waals surface area contributed by atoms with Gasteiger partial charge in [0.2, 0.25) is 0 Å². The largest absolute Gasteiger partial charge is 0.135 e. The van der Waals surface area contributed by atoms with Gasteiger partial charge in [-0.05, 0) is 128 Å². The number of rotatable bonds is 7. The fourth-order valence-electron chi connectivity index (χ4n) is 7.52. The minimum atomic E-state index is 0.547. The molecule has 0 aliphatic carbocycles. The van der Waals surface area contributed by atoms with Crippen molar-refractivity contribution in [2.45, 2.75) is 109 Å². The zero-order valence-electron chi connectivity index (χ0n) is 40.8. The predicted octanol–water partition coefficient (Wildman–Crippen LogP) is 20.1. The maximum Gasteiger partial charge on any atom is 0.0390 e. The van der Waals surface area contributed by atoms with Crippen molar-refractivity contribution >= 4 is 42.7 Å². The third-order valence-electron chi connectivity index (χ3n) is 11.1. The molecule has 1 unspecified atom stereocenters. The van der Waals surface area contributed by atoms with Crippen LogP contribution >= 0.6 is 11.3 Å². The third-order valence-corrected chi connectivity index (χ3v) is 12.4. The zero-order valence-corrected chi connectivity index (χ0v) is 41.6. The normalized spacial score (nSPS) is 10.8. The second-order valence-electron chi connectivity index (χ2n) is 15.5. The second-order valence-corrected chi connectivity index (χ2v) is 16.6.